The van der Waals surface area contributed by atoms with E-state index in [1.54, 1.807) is 30.3 Å². The quantitative estimate of drug-likeness (QED) is 0.792. The minimum atomic E-state index is -0.209. The fraction of sp³-hybridized carbons (Fsp3) is 0.471. The van der Waals surface area contributed by atoms with Crippen LogP contribution >= 0.6 is 0 Å². The highest BCUT2D eigenvalue weighted by atomic mass is 16.5. The van der Waals surface area contributed by atoms with E-state index in [2.05, 4.69) is 15.0 Å². The monoisotopic (exact) mass is 343 g/mol. The first-order valence-corrected chi connectivity index (χ1v) is 8.32. The second-order valence-electron chi connectivity index (χ2n) is 6.19. The number of carbonyl (C=O) groups is 1. The SMILES string of the molecule is Cc1cc(=O)n(CC(=O)N2CCCC(COc3ncccn3)C2)cn1. The first-order chi connectivity index (χ1) is 12.1. The fourth-order valence-corrected chi connectivity index (χ4v) is 2.86. The Hall–Kier alpha value is -2.77. The van der Waals surface area contributed by atoms with Gasteiger partial charge < -0.3 is 9.64 Å². The summed E-state index contributed by atoms with van der Waals surface area (Å²) in [5.41, 5.74) is 0.436. The van der Waals surface area contributed by atoms with Crippen molar-refractivity contribution in [3.8, 4) is 6.01 Å². The van der Waals surface area contributed by atoms with E-state index in [9.17, 15) is 9.59 Å². The average Bonchev–Trinajstić information content (AvgIpc) is 2.63. The molecule has 0 saturated carbocycles. The Morgan fingerprint density at radius 3 is 2.88 bits per heavy atom. The Morgan fingerprint density at radius 1 is 1.32 bits per heavy atom. The van der Waals surface area contributed by atoms with Crippen molar-refractivity contribution < 1.29 is 9.53 Å². The molecule has 0 N–H and O–H groups in total. The number of nitrogens with zero attached hydrogens (tertiary/aromatic N) is 5. The molecule has 1 aliphatic heterocycles. The lowest BCUT2D eigenvalue weighted by molar-refractivity contribution is -0.134. The van der Waals surface area contributed by atoms with Crippen molar-refractivity contribution in [1.29, 1.82) is 0 Å². The maximum atomic E-state index is 12.5. The zero-order valence-electron chi connectivity index (χ0n) is 14.2. The summed E-state index contributed by atoms with van der Waals surface area (Å²) in [5.74, 6) is 0.155. The lowest BCUT2D eigenvalue weighted by Crippen LogP contribution is -2.44. The zero-order chi connectivity index (χ0) is 17.6. The second kappa shape index (κ2) is 7.87. The van der Waals surface area contributed by atoms with Gasteiger partial charge in [-0.15, -0.1) is 0 Å². The lowest BCUT2D eigenvalue weighted by Gasteiger charge is -2.32. The number of aryl methyl sites for hydroxylation is 1. The summed E-state index contributed by atoms with van der Waals surface area (Å²) in [7, 11) is 0. The van der Waals surface area contributed by atoms with Gasteiger partial charge in [-0.3, -0.25) is 14.2 Å². The number of ether oxygens (including phenoxy) is 1. The number of amides is 1. The standard InChI is InChI=1S/C17H21N5O3/c1-13-8-15(23)22(12-20-13)10-16(24)21-7-2-4-14(9-21)11-25-17-18-5-3-6-19-17/h3,5-6,8,12,14H,2,4,7,9-11H2,1H3. The molecular formula is C17H21N5O3. The van der Waals surface area contributed by atoms with Gasteiger partial charge in [0.2, 0.25) is 5.91 Å². The van der Waals surface area contributed by atoms with Crippen molar-refractivity contribution in [1.82, 2.24) is 24.4 Å². The van der Waals surface area contributed by atoms with Crippen LogP contribution in [0.15, 0.2) is 35.6 Å². The zero-order valence-corrected chi connectivity index (χ0v) is 14.2. The Labute approximate surface area is 145 Å². The van der Waals surface area contributed by atoms with Gasteiger partial charge in [-0.05, 0) is 25.8 Å². The molecule has 0 radical (unpaired) electrons. The highest BCUT2D eigenvalue weighted by molar-refractivity contribution is 5.76. The molecule has 1 fully saturated rings. The van der Waals surface area contributed by atoms with Crippen LogP contribution in [0.3, 0.4) is 0 Å². The molecule has 1 unspecified atom stereocenters. The molecule has 0 spiro atoms. The van der Waals surface area contributed by atoms with E-state index in [1.807, 2.05) is 0 Å². The van der Waals surface area contributed by atoms with Crippen molar-refractivity contribution in [3.63, 3.8) is 0 Å². The summed E-state index contributed by atoms with van der Waals surface area (Å²) < 4.78 is 6.94. The lowest BCUT2D eigenvalue weighted by atomic mass is 9.99. The first kappa shape index (κ1) is 17.1. The number of hydrogen-bond donors (Lipinski definition) is 0. The van der Waals surface area contributed by atoms with Crippen molar-refractivity contribution in [2.45, 2.75) is 26.3 Å². The van der Waals surface area contributed by atoms with Gasteiger partial charge in [-0.25, -0.2) is 15.0 Å². The van der Waals surface area contributed by atoms with Gasteiger partial charge in [-0.2, -0.15) is 0 Å². The van der Waals surface area contributed by atoms with E-state index in [0.29, 0.717) is 31.4 Å². The summed E-state index contributed by atoms with van der Waals surface area (Å²) >= 11 is 0. The molecule has 2 aromatic heterocycles. The number of piperidine rings is 1. The number of rotatable bonds is 5. The minimum absolute atomic E-state index is 0.0154. The van der Waals surface area contributed by atoms with Crippen molar-refractivity contribution in [2.75, 3.05) is 19.7 Å². The van der Waals surface area contributed by atoms with Crippen LogP contribution in [0.4, 0.5) is 0 Å². The first-order valence-electron chi connectivity index (χ1n) is 8.32. The topological polar surface area (TPSA) is 90.2 Å². The van der Waals surface area contributed by atoms with Crippen LogP contribution in [0.25, 0.3) is 0 Å². The van der Waals surface area contributed by atoms with Gasteiger partial charge in [-0.1, -0.05) is 0 Å². The van der Waals surface area contributed by atoms with E-state index in [1.165, 1.54) is 17.0 Å². The smallest absolute Gasteiger partial charge is 0.316 e. The normalized spacial score (nSPS) is 17.3. The van der Waals surface area contributed by atoms with Crippen molar-refractivity contribution in [3.05, 3.63) is 46.9 Å². The molecule has 0 aromatic carbocycles. The number of hydrogen-bond acceptors (Lipinski definition) is 6. The summed E-state index contributed by atoms with van der Waals surface area (Å²) in [6.45, 7) is 3.55. The molecule has 8 heteroatoms. The van der Waals surface area contributed by atoms with Crippen LogP contribution in [0.2, 0.25) is 0 Å². The number of carbonyl (C=O) groups excluding carboxylic acids is 1. The maximum Gasteiger partial charge on any atom is 0.316 e. The Morgan fingerprint density at radius 2 is 2.12 bits per heavy atom. The molecule has 1 aliphatic rings. The third-order valence-electron chi connectivity index (χ3n) is 4.18. The van der Waals surface area contributed by atoms with E-state index in [0.717, 1.165) is 12.8 Å². The third kappa shape index (κ3) is 4.62. The fourth-order valence-electron chi connectivity index (χ4n) is 2.86. The summed E-state index contributed by atoms with van der Waals surface area (Å²) in [5, 5.41) is 0. The van der Waals surface area contributed by atoms with Gasteiger partial charge >= 0.3 is 6.01 Å². The van der Waals surface area contributed by atoms with Gasteiger partial charge in [0.1, 0.15) is 6.54 Å². The van der Waals surface area contributed by atoms with Crippen LogP contribution in [0, 0.1) is 12.8 Å². The summed E-state index contributed by atoms with van der Waals surface area (Å²) in [6, 6.07) is 3.51. The maximum absolute atomic E-state index is 12.5. The van der Waals surface area contributed by atoms with Crippen LogP contribution < -0.4 is 10.3 Å². The summed E-state index contributed by atoms with van der Waals surface area (Å²) in [4.78, 5) is 38.3. The predicted octanol–water partition coefficient (Wildman–Crippen LogP) is 0.659. The molecule has 1 atom stereocenters. The molecule has 1 amide bonds. The van der Waals surface area contributed by atoms with Gasteiger partial charge in [0.05, 0.1) is 12.9 Å². The molecular weight excluding hydrogens is 322 g/mol. The number of aromatic nitrogens is 4. The molecule has 0 aliphatic carbocycles. The third-order valence-corrected chi connectivity index (χ3v) is 4.18. The Bertz CT molecular complexity index is 777. The van der Waals surface area contributed by atoms with E-state index in [4.69, 9.17) is 4.74 Å². The highest BCUT2D eigenvalue weighted by Gasteiger charge is 2.24. The minimum Gasteiger partial charge on any atom is -0.463 e. The van der Waals surface area contributed by atoms with E-state index >= 15 is 0 Å². The summed E-state index contributed by atoms with van der Waals surface area (Å²) in [6.07, 6.45) is 6.59. The van der Waals surface area contributed by atoms with Crippen LogP contribution in [-0.2, 0) is 11.3 Å². The average molecular weight is 343 g/mol. The molecule has 8 nitrogen and oxygen atoms in total. The van der Waals surface area contributed by atoms with Crippen LogP contribution in [-0.4, -0.2) is 50.0 Å². The molecule has 132 valence electrons. The Kier molecular flexibility index (Phi) is 5.37. The molecule has 3 heterocycles. The van der Waals surface area contributed by atoms with Gasteiger partial charge in [0.25, 0.3) is 5.56 Å². The van der Waals surface area contributed by atoms with Gasteiger partial charge in [0, 0.05) is 43.2 Å². The molecule has 1 saturated heterocycles. The highest BCUT2D eigenvalue weighted by Crippen LogP contribution is 2.17. The Balaban J connectivity index is 1.55. The van der Waals surface area contributed by atoms with E-state index < -0.39 is 0 Å². The van der Waals surface area contributed by atoms with Gasteiger partial charge in [0.15, 0.2) is 0 Å². The molecule has 3 rings (SSSR count). The van der Waals surface area contributed by atoms with E-state index in [-0.39, 0.29) is 23.9 Å². The molecule has 25 heavy (non-hydrogen) atoms. The van der Waals surface area contributed by atoms with Crippen LogP contribution in [0.1, 0.15) is 18.5 Å². The number of likely N-dealkylation sites (tertiary alicyclic amines) is 1. The largest absolute Gasteiger partial charge is 0.463 e. The van der Waals surface area contributed by atoms with Crippen molar-refractivity contribution in [2.24, 2.45) is 5.92 Å². The molecule has 0 bridgehead atoms. The van der Waals surface area contributed by atoms with Crippen molar-refractivity contribution >= 4 is 5.91 Å². The predicted molar refractivity (Wildman–Crippen MR) is 90.1 cm³/mol. The molecule has 2 aromatic rings. The second-order valence-corrected chi connectivity index (χ2v) is 6.19. The van der Waals surface area contributed by atoms with Crippen LogP contribution in [0.5, 0.6) is 6.01 Å².